The molecule has 1 saturated heterocycles. The summed E-state index contributed by atoms with van der Waals surface area (Å²) in [6, 6.07) is 23.2. The van der Waals surface area contributed by atoms with Gasteiger partial charge in [0.15, 0.2) is 0 Å². The molecular weight excluding hydrogens is 389 g/mol. The van der Waals surface area contributed by atoms with Gasteiger partial charge in [0.25, 0.3) is 0 Å². The molecule has 0 bridgehead atoms. The molecule has 1 fully saturated rings. The molecule has 0 aromatic heterocycles. The van der Waals surface area contributed by atoms with Gasteiger partial charge in [-0.2, -0.15) is 4.31 Å². The topological polar surface area (TPSA) is 37.1 Å². The molecule has 6 heteroatoms. The molecular formula is C20H15Cl2NO2S. The number of benzene rings is 3. The average Bonchev–Trinajstić information content (AvgIpc) is 3.39. The second-order valence-electron chi connectivity index (χ2n) is 6.12. The van der Waals surface area contributed by atoms with Crippen LogP contribution in [0.4, 0.5) is 0 Å². The Labute approximate surface area is 162 Å². The minimum Gasteiger partial charge on any atom is -0.207 e. The van der Waals surface area contributed by atoms with Gasteiger partial charge in [-0.1, -0.05) is 83.9 Å². The van der Waals surface area contributed by atoms with Crippen LogP contribution in [0, 0.1) is 0 Å². The van der Waals surface area contributed by atoms with Crippen molar-refractivity contribution in [1.82, 2.24) is 4.31 Å². The molecule has 3 nitrogen and oxygen atoms in total. The maximum absolute atomic E-state index is 13.3. The second kappa shape index (κ2) is 6.71. The van der Waals surface area contributed by atoms with Crippen LogP contribution in [0.5, 0.6) is 0 Å². The lowest BCUT2D eigenvalue weighted by molar-refractivity contribution is 0.547. The number of halogens is 2. The van der Waals surface area contributed by atoms with Crippen molar-refractivity contribution in [3.63, 3.8) is 0 Å². The van der Waals surface area contributed by atoms with E-state index >= 15 is 0 Å². The third-order valence-corrected chi connectivity index (χ3v) is 7.07. The molecule has 1 aliphatic heterocycles. The Balaban J connectivity index is 1.80. The van der Waals surface area contributed by atoms with Crippen molar-refractivity contribution < 1.29 is 8.42 Å². The van der Waals surface area contributed by atoms with Gasteiger partial charge in [-0.05, 0) is 29.3 Å². The van der Waals surface area contributed by atoms with E-state index in [2.05, 4.69) is 0 Å². The largest absolute Gasteiger partial charge is 0.245 e. The van der Waals surface area contributed by atoms with E-state index in [-0.39, 0.29) is 22.0 Å². The van der Waals surface area contributed by atoms with E-state index in [4.69, 9.17) is 23.2 Å². The smallest absolute Gasteiger partial charge is 0.207 e. The first-order valence-electron chi connectivity index (χ1n) is 8.08. The molecule has 3 aromatic rings. The van der Waals surface area contributed by atoms with E-state index in [0.717, 1.165) is 11.1 Å². The zero-order chi connectivity index (χ0) is 18.3. The highest BCUT2D eigenvalue weighted by molar-refractivity contribution is 7.89. The molecule has 0 radical (unpaired) electrons. The molecule has 0 spiro atoms. The number of nitrogens with zero attached hydrogens (tertiary/aromatic N) is 1. The van der Waals surface area contributed by atoms with Crippen molar-refractivity contribution >= 4 is 33.2 Å². The molecule has 132 valence electrons. The zero-order valence-electron chi connectivity index (χ0n) is 13.6. The van der Waals surface area contributed by atoms with Crippen molar-refractivity contribution in [3.8, 4) is 0 Å². The highest BCUT2D eigenvalue weighted by Crippen LogP contribution is 2.58. The molecule has 4 rings (SSSR count). The zero-order valence-corrected chi connectivity index (χ0v) is 15.9. The van der Waals surface area contributed by atoms with Crippen LogP contribution in [0.1, 0.15) is 23.2 Å². The van der Waals surface area contributed by atoms with Crippen LogP contribution in [0.25, 0.3) is 0 Å². The maximum Gasteiger partial charge on any atom is 0.245 e. The van der Waals surface area contributed by atoms with Gasteiger partial charge in [0.2, 0.25) is 10.0 Å². The minimum atomic E-state index is -3.77. The third kappa shape index (κ3) is 3.03. The Morgan fingerprint density at radius 1 is 0.731 bits per heavy atom. The van der Waals surface area contributed by atoms with Crippen LogP contribution >= 0.6 is 23.2 Å². The Bertz CT molecular complexity index is 994. The van der Waals surface area contributed by atoms with Crippen molar-refractivity contribution in [1.29, 1.82) is 0 Å². The van der Waals surface area contributed by atoms with Crippen LogP contribution in [0.2, 0.25) is 10.0 Å². The van der Waals surface area contributed by atoms with Gasteiger partial charge in [0.1, 0.15) is 4.90 Å². The normalized spacial score (nSPS) is 22.2. The van der Waals surface area contributed by atoms with E-state index in [1.165, 1.54) is 16.4 Å². The van der Waals surface area contributed by atoms with Crippen LogP contribution < -0.4 is 0 Å². The SMILES string of the molecule is O=S(=O)(c1ccc(Cl)cc1Cl)N1[C@H](c2ccccc2)[C@@H]1c1ccccc1. The van der Waals surface area contributed by atoms with Gasteiger partial charge in [0.05, 0.1) is 17.1 Å². The summed E-state index contributed by atoms with van der Waals surface area (Å²) in [5, 5.41) is 0.530. The predicted molar refractivity (Wildman–Crippen MR) is 104 cm³/mol. The summed E-state index contributed by atoms with van der Waals surface area (Å²) in [5.41, 5.74) is 1.91. The molecule has 0 saturated carbocycles. The number of rotatable bonds is 4. The second-order valence-corrected chi connectivity index (χ2v) is 8.78. The number of hydrogen-bond donors (Lipinski definition) is 0. The molecule has 3 aromatic carbocycles. The third-order valence-electron chi connectivity index (χ3n) is 4.49. The molecule has 26 heavy (non-hydrogen) atoms. The molecule has 0 N–H and O–H groups in total. The van der Waals surface area contributed by atoms with Gasteiger partial charge in [-0.3, -0.25) is 0 Å². The summed E-state index contributed by atoms with van der Waals surface area (Å²) in [6.07, 6.45) is 0. The summed E-state index contributed by atoms with van der Waals surface area (Å²) in [7, 11) is -3.77. The van der Waals surface area contributed by atoms with Gasteiger partial charge < -0.3 is 0 Å². The Morgan fingerprint density at radius 3 is 1.69 bits per heavy atom. The highest BCUT2D eigenvalue weighted by atomic mass is 35.5. The maximum atomic E-state index is 13.3. The van der Waals surface area contributed by atoms with E-state index in [9.17, 15) is 8.42 Å². The lowest BCUT2D eigenvalue weighted by atomic mass is 10.0. The predicted octanol–water partition coefficient (Wildman–Crippen LogP) is 5.48. The number of hydrogen-bond acceptors (Lipinski definition) is 2. The lowest BCUT2D eigenvalue weighted by Gasteiger charge is -2.09. The first kappa shape index (κ1) is 17.6. The fourth-order valence-corrected chi connectivity index (χ4v) is 5.76. The fraction of sp³-hybridized carbons (Fsp3) is 0.100. The van der Waals surface area contributed by atoms with E-state index in [0.29, 0.717) is 5.02 Å². The standard InChI is InChI=1S/C20H15Cl2NO2S/c21-16-11-12-18(17(22)13-16)26(24,25)23-19(14-7-3-1-4-8-14)20(23)15-9-5-2-6-10-15/h1-13,19-20H/t19-,20+,23?. The summed E-state index contributed by atoms with van der Waals surface area (Å²) in [4.78, 5) is 0.0722. The Kier molecular flexibility index (Phi) is 4.53. The van der Waals surface area contributed by atoms with Gasteiger partial charge in [-0.25, -0.2) is 8.42 Å². The van der Waals surface area contributed by atoms with Gasteiger partial charge in [0, 0.05) is 5.02 Å². The van der Waals surface area contributed by atoms with Crippen molar-refractivity contribution in [2.75, 3.05) is 0 Å². The van der Waals surface area contributed by atoms with Gasteiger partial charge >= 0.3 is 0 Å². The summed E-state index contributed by atoms with van der Waals surface area (Å²) in [5.74, 6) is 0. The molecule has 1 unspecified atom stereocenters. The van der Waals surface area contributed by atoms with Crippen LogP contribution in [0.15, 0.2) is 83.8 Å². The van der Waals surface area contributed by atoms with Crippen LogP contribution in [0.3, 0.4) is 0 Å². The highest BCUT2D eigenvalue weighted by Gasteiger charge is 2.57. The van der Waals surface area contributed by atoms with Crippen LogP contribution in [-0.4, -0.2) is 12.7 Å². The van der Waals surface area contributed by atoms with Crippen LogP contribution in [-0.2, 0) is 10.0 Å². The van der Waals surface area contributed by atoms with Crippen molar-refractivity contribution in [2.24, 2.45) is 0 Å². The minimum absolute atomic E-state index is 0.0722. The molecule has 0 aliphatic carbocycles. The summed E-state index contributed by atoms with van der Waals surface area (Å²) < 4.78 is 28.1. The molecule has 0 amide bonds. The number of sulfonamides is 1. The van der Waals surface area contributed by atoms with Gasteiger partial charge in [-0.15, -0.1) is 0 Å². The van der Waals surface area contributed by atoms with E-state index in [1.807, 2.05) is 60.7 Å². The Hall–Kier alpha value is -1.85. The fourth-order valence-electron chi connectivity index (χ4n) is 3.27. The van der Waals surface area contributed by atoms with Crippen molar-refractivity contribution in [3.05, 3.63) is 100 Å². The average molecular weight is 404 g/mol. The van der Waals surface area contributed by atoms with Crippen molar-refractivity contribution in [2.45, 2.75) is 17.0 Å². The first-order valence-corrected chi connectivity index (χ1v) is 10.3. The summed E-state index contributed by atoms with van der Waals surface area (Å²) >= 11 is 12.1. The lowest BCUT2D eigenvalue weighted by Crippen LogP contribution is -2.14. The molecule has 1 aliphatic rings. The van der Waals surface area contributed by atoms with E-state index in [1.54, 1.807) is 6.07 Å². The monoisotopic (exact) mass is 403 g/mol. The Morgan fingerprint density at radius 2 is 1.23 bits per heavy atom. The van der Waals surface area contributed by atoms with E-state index < -0.39 is 10.0 Å². The molecule has 1 heterocycles. The quantitative estimate of drug-likeness (QED) is 0.540. The first-order chi connectivity index (χ1) is 12.5. The summed E-state index contributed by atoms with van der Waals surface area (Å²) in [6.45, 7) is 0. The molecule has 3 atom stereocenters.